The van der Waals surface area contributed by atoms with Crippen LogP contribution in [0.5, 0.6) is 0 Å². The van der Waals surface area contributed by atoms with Crippen molar-refractivity contribution in [2.24, 2.45) is 5.11 Å². The van der Waals surface area contributed by atoms with Gasteiger partial charge in [0.25, 0.3) is 0 Å². The SMILES string of the molecule is [N-]=[N+]=Nc1c(F)cc(F)c(C2CCN(Cn3ccnc3)C2)c1F. The molecule has 0 aliphatic carbocycles. The molecule has 1 aliphatic heterocycles. The maximum Gasteiger partial charge on any atom is 0.142 e. The zero-order valence-corrected chi connectivity index (χ0v) is 12.0. The Morgan fingerprint density at radius 1 is 1.35 bits per heavy atom. The van der Waals surface area contributed by atoms with Crippen molar-refractivity contribution in [2.45, 2.75) is 19.0 Å². The predicted octanol–water partition coefficient (Wildman–Crippen LogP) is 3.69. The number of benzene rings is 1. The average molecular weight is 322 g/mol. The maximum absolute atomic E-state index is 14.4. The molecule has 2 heterocycles. The molecule has 0 bridgehead atoms. The summed E-state index contributed by atoms with van der Waals surface area (Å²) in [5.41, 5.74) is 7.39. The smallest absolute Gasteiger partial charge is 0.142 e. The van der Waals surface area contributed by atoms with Crippen LogP contribution >= 0.6 is 0 Å². The summed E-state index contributed by atoms with van der Waals surface area (Å²) < 4.78 is 43.8. The summed E-state index contributed by atoms with van der Waals surface area (Å²) in [5.74, 6) is -3.69. The molecule has 1 aromatic heterocycles. The van der Waals surface area contributed by atoms with Gasteiger partial charge in [-0.1, -0.05) is 5.11 Å². The van der Waals surface area contributed by atoms with Crippen molar-refractivity contribution in [3.8, 4) is 0 Å². The summed E-state index contributed by atoms with van der Waals surface area (Å²) in [7, 11) is 0. The largest absolute Gasteiger partial charge is 0.324 e. The molecule has 1 fully saturated rings. The van der Waals surface area contributed by atoms with Gasteiger partial charge in [-0.05, 0) is 12.0 Å². The number of hydrogen-bond donors (Lipinski definition) is 0. The van der Waals surface area contributed by atoms with Crippen LogP contribution in [0.2, 0.25) is 0 Å². The summed E-state index contributed by atoms with van der Waals surface area (Å²) in [4.78, 5) is 8.35. The molecule has 0 N–H and O–H groups in total. The standard InChI is InChI=1S/C14H13F3N6/c15-10-5-11(16)14(20-21-18)13(17)12(10)9-1-3-22(6-9)8-23-4-2-19-7-23/h2,4-5,7,9H,1,3,6,8H2. The minimum atomic E-state index is -1.20. The lowest BCUT2D eigenvalue weighted by molar-refractivity contribution is 0.266. The predicted molar refractivity (Wildman–Crippen MR) is 76.3 cm³/mol. The topological polar surface area (TPSA) is 69.8 Å². The lowest BCUT2D eigenvalue weighted by atomic mass is 9.96. The van der Waals surface area contributed by atoms with E-state index in [9.17, 15) is 13.2 Å². The van der Waals surface area contributed by atoms with E-state index < -0.39 is 29.1 Å². The second-order valence-corrected chi connectivity index (χ2v) is 5.39. The Kier molecular flexibility index (Phi) is 4.22. The Labute approximate surface area is 129 Å². The molecule has 0 amide bonds. The number of likely N-dealkylation sites (tertiary alicyclic amines) is 1. The fourth-order valence-electron chi connectivity index (χ4n) is 2.90. The van der Waals surface area contributed by atoms with Gasteiger partial charge in [0, 0.05) is 47.9 Å². The summed E-state index contributed by atoms with van der Waals surface area (Å²) >= 11 is 0. The lowest BCUT2D eigenvalue weighted by Crippen LogP contribution is -2.23. The third-order valence-corrected chi connectivity index (χ3v) is 3.93. The Balaban J connectivity index is 1.85. The fourth-order valence-corrected chi connectivity index (χ4v) is 2.90. The van der Waals surface area contributed by atoms with Gasteiger partial charge in [0.15, 0.2) is 0 Å². The second kappa shape index (κ2) is 6.31. The molecule has 0 spiro atoms. The van der Waals surface area contributed by atoms with E-state index in [-0.39, 0.29) is 5.56 Å². The Morgan fingerprint density at radius 3 is 2.87 bits per heavy atom. The Hall–Kier alpha value is -2.51. The highest BCUT2D eigenvalue weighted by Gasteiger charge is 2.30. The number of rotatable bonds is 4. The van der Waals surface area contributed by atoms with Crippen LogP contribution < -0.4 is 0 Å². The molecule has 0 radical (unpaired) electrons. The van der Waals surface area contributed by atoms with E-state index in [1.165, 1.54) is 0 Å². The zero-order valence-electron chi connectivity index (χ0n) is 12.0. The van der Waals surface area contributed by atoms with Gasteiger partial charge in [0.2, 0.25) is 0 Å². The van der Waals surface area contributed by atoms with Crippen LogP contribution in [0.1, 0.15) is 17.9 Å². The third-order valence-electron chi connectivity index (χ3n) is 3.93. The number of azide groups is 1. The molecule has 1 atom stereocenters. The van der Waals surface area contributed by atoms with E-state index in [2.05, 4.69) is 15.0 Å². The van der Waals surface area contributed by atoms with Crippen LogP contribution in [-0.2, 0) is 6.67 Å². The Morgan fingerprint density at radius 2 is 2.17 bits per heavy atom. The quantitative estimate of drug-likeness (QED) is 0.489. The van der Waals surface area contributed by atoms with Crippen molar-refractivity contribution in [1.29, 1.82) is 0 Å². The maximum atomic E-state index is 14.4. The molecule has 23 heavy (non-hydrogen) atoms. The highest BCUT2D eigenvalue weighted by Crippen LogP contribution is 2.36. The molecule has 2 aromatic rings. The number of aromatic nitrogens is 2. The van der Waals surface area contributed by atoms with Crippen molar-refractivity contribution < 1.29 is 13.2 Å². The van der Waals surface area contributed by atoms with E-state index in [1.54, 1.807) is 18.7 Å². The van der Waals surface area contributed by atoms with Crippen molar-refractivity contribution in [3.05, 3.63) is 58.2 Å². The van der Waals surface area contributed by atoms with Crippen molar-refractivity contribution in [1.82, 2.24) is 14.5 Å². The van der Waals surface area contributed by atoms with E-state index in [0.717, 1.165) is 0 Å². The molecule has 3 rings (SSSR count). The van der Waals surface area contributed by atoms with Crippen LogP contribution in [0.4, 0.5) is 18.9 Å². The van der Waals surface area contributed by atoms with Gasteiger partial charge in [-0.15, -0.1) is 0 Å². The molecular weight excluding hydrogens is 309 g/mol. The third kappa shape index (κ3) is 3.01. The van der Waals surface area contributed by atoms with E-state index >= 15 is 0 Å². The summed E-state index contributed by atoms with van der Waals surface area (Å²) in [6.07, 6.45) is 5.64. The number of imidazole rings is 1. The van der Waals surface area contributed by atoms with E-state index in [1.807, 2.05) is 9.47 Å². The molecule has 1 aromatic carbocycles. The summed E-state index contributed by atoms with van der Waals surface area (Å²) in [5, 5.41) is 3.00. The van der Waals surface area contributed by atoms with Crippen LogP contribution in [0.15, 0.2) is 29.9 Å². The van der Waals surface area contributed by atoms with Gasteiger partial charge in [0.1, 0.15) is 23.1 Å². The van der Waals surface area contributed by atoms with Crippen LogP contribution in [0.25, 0.3) is 10.4 Å². The minimum Gasteiger partial charge on any atom is -0.324 e. The molecule has 120 valence electrons. The van der Waals surface area contributed by atoms with Gasteiger partial charge < -0.3 is 4.57 Å². The van der Waals surface area contributed by atoms with Crippen molar-refractivity contribution in [2.75, 3.05) is 13.1 Å². The van der Waals surface area contributed by atoms with Crippen LogP contribution in [0.3, 0.4) is 0 Å². The minimum absolute atomic E-state index is 0.220. The molecule has 1 unspecified atom stereocenters. The first-order valence-electron chi connectivity index (χ1n) is 7.00. The first-order chi connectivity index (χ1) is 11.1. The first kappa shape index (κ1) is 15.4. The molecule has 1 aliphatic rings. The van der Waals surface area contributed by atoms with Crippen molar-refractivity contribution >= 4 is 5.69 Å². The molecule has 9 heteroatoms. The fraction of sp³-hybridized carbons (Fsp3) is 0.357. The zero-order chi connectivity index (χ0) is 16.4. The van der Waals surface area contributed by atoms with Gasteiger partial charge in [-0.3, -0.25) is 4.90 Å². The monoisotopic (exact) mass is 322 g/mol. The average Bonchev–Trinajstić information content (AvgIpc) is 3.16. The van der Waals surface area contributed by atoms with Crippen LogP contribution in [-0.4, -0.2) is 27.5 Å². The normalized spacial score (nSPS) is 18.1. The molecule has 6 nitrogen and oxygen atoms in total. The first-order valence-corrected chi connectivity index (χ1v) is 7.00. The van der Waals surface area contributed by atoms with Gasteiger partial charge in [-0.2, -0.15) is 0 Å². The van der Waals surface area contributed by atoms with Gasteiger partial charge in [0.05, 0.1) is 13.0 Å². The number of hydrogen-bond acceptors (Lipinski definition) is 3. The highest BCUT2D eigenvalue weighted by molar-refractivity contribution is 5.46. The molecule has 1 saturated heterocycles. The van der Waals surface area contributed by atoms with Gasteiger partial charge in [-0.25, -0.2) is 18.2 Å². The Bertz CT molecular complexity index is 754. The number of nitrogens with zero attached hydrogens (tertiary/aromatic N) is 6. The highest BCUT2D eigenvalue weighted by atomic mass is 19.1. The molecular formula is C14H13F3N6. The lowest BCUT2D eigenvalue weighted by Gasteiger charge is -2.17. The molecule has 0 saturated carbocycles. The summed E-state index contributed by atoms with van der Waals surface area (Å²) in [6, 6.07) is 0.570. The van der Waals surface area contributed by atoms with E-state index in [4.69, 9.17) is 5.53 Å². The van der Waals surface area contributed by atoms with E-state index in [0.29, 0.717) is 32.2 Å². The van der Waals surface area contributed by atoms with Crippen LogP contribution in [0, 0.1) is 17.5 Å². The second-order valence-electron chi connectivity index (χ2n) is 5.39. The van der Waals surface area contributed by atoms with Crippen molar-refractivity contribution in [3.63, 3.8) is 0 Å². The number of halogens is 3. The summed E-state index contributed by atoms with van der Waals surface area (Å²) in [6.45, 7) is 1.63. The van der Waals surface area contributed by atoms with Gasteiger partial charge >= 0.3 is 0 Å².